The molecular formula is C8H22O6Si4. The molecule has 0 spiro atoms. The number of hydrogen-bond acceptors (Lipinski definition) is 6. The van der Waals surface area contributed by atoms with Crippen molar-refractivity contribution in [1.82, 2.24) is 0 Å². The molecule has 0 radical (unpaired) electrons. The first-order valence-electron chi connectivity index (χ1n) is 6.08. The van der Waals surface area contributed by atoms with Crippen molar-refractivity contribution in [2.75, 3.05) is 7.11 Å². The lowest BCUT2D eigenvalue weighted by Crippen LogP contribution is -2.53. The van der Waals surface area contributed by atoms with Crippen LogP contribution in [0.5, 0.6) is 0 Å². The monoisotopic (exact) mass is 326 g/mol. The average Bonchev–Trinajstić information content (AvgIpc) is 2.23. The fraction of sp³-hybridized carbons (Fsp3) is 0.875. The van der Waals surface area contributed by atoms with Gasteiger partial charge in [-0.3, -0.25) is 4.79 Å². The van der Waals surface area contributed by atoms with E-state index in [4.69, 9.17) is 16.5 Å². The van der Waals surface area contributed by atoms with Gasteiger partial charge in [-0.15, -0.1) is 0 Å². The fourth-order valence-corrected chi connectivity index (χ4v) is 16.4. The van der Waals surface area contributed by atoms with Crippen molar-refractivity contribution in [2.24, 2.45) is 0 Å². The molecule has 1 aliphatic rings. The standard InChI is InChI=1S/C8H22O6Si4/c1-10-8(9)6-7-18(5)13-16(3)11-15(2)12-17(4)14-18/h15-17H,6-7H2,1-5H3. The van der Waals surface area contributed by atoms with Gasteiger partial charge in [0.15, 0.2) is 0 Å². The van der Waals surface area contributed by atoms with E-state index in [1.807, 2.05) is 26.2 Å². The molecule has 0 bridgehead atoms. The second-order valence-corrected chi connectivity index (χ2v) is 14.7. The summed E-state index contributed by atoms with van der Waals surface area (Å²) in [5.74, 6) is -0.230. The van der Waals surface area contributed by atoms with Crippen molar-refractivity contribution in [2.45, 2.75) is 38.7 Å². The summed E-state index contributed by atoms with van der Waals surface area (Å²) >= 11 is 0. The topological polar surface area (TPSA) is 63.2 Å². The molecule has 10 heteroatoms. The van der Waals surface area contributed by atoms with Gasteiger partial charge in [-0.1, -0.05) is 0 Å². The van der Waals surface area contributed by atoms with Crippen molar-refractivity contribution in [3.05, 3.63) is 0 Å². The minimum atomic E-state index is -2.36. The molecule has 0 aliphatic carbocycles. The minimum Gasteiger partial charge on any atom is -0.469 e. The summed E-state index contributed by atoms with van der Waals surface area (Å²) in [6.45, 7) is 7.94. The van der Waals surface area contributed by atoms with Crippen LogP contribution in [0.15, 0.2) is 0 Å². The van der Waals surface area contributed by atoms with Gasteiger partial charge in [0, 0.05) is 12.5 Å². The molecule has 2 atom stereocenters. The van der Waals surface area contributed by atoms with Gasteiger partial charge in [0.2, 0.25) is 0 Å². The van der Waals surface area contributed by atoms with Crippen LogP contribution in [0.3, 0.4) is 0 Å². The molecule has 0 aromatic heterocycles. The van der Waals surface area contributed by atoms with E-state index in [0.29, 0.717) is 12.5 Å². The van der Waals surface area contributed by atoms with E-state index in [9.17, 15) is 4.79 Å². The molecule has 0 saturated carbocycles. The third kappa shape index (κ3) is 5.44. The van der Waals surface area contributed by atoms with Crippen LogP contribution in [0.4, 0.5) is 0 Å². The van der Waals surface area contributed by atoms with Gasteiger partial charge in [-0.05, 0) is 26.2 Å². The Kier molecular flexibility index (Phi) is 6.40. The predicted molar refractivity (Wildman–Crippen MR) is 76.4 cm³/mol. The maximum atomic E-state index is 11.2. The quantitative estimate of drug-likeness (QED) is 0.547. The van der Waals surface area contributed by atoms with Crippen LogP contribution >= 0.6 is 0 Å². The second kappa shape index (κ2) is 7.09. The molecule has 1 fully saturated rings. The zero-order valence-electron chi connectivity index (χ0n) is 11.6. The minimum absolute atomic E-state index is 0.230. The Labute approximate surface area is 114 Å². The Morgan fingerprint density at radius 1 is 1.11 bits per heavy atom. The molecule has 0 amide bonds. The maximum absolute atomic E-state index is 11.2. The van der Waals surface area contributed by atoms with Crippen LogP contribution in [0.25, 0.3) is 0 Å². The highest BCUT2D eigenvalue weighted by molar-refractivity contribution is 6.81. The van der Waals surface area contributed by atoms with Crippen molar-refractivity contribution < 1.29 is 26.0 Å². The Hall–Kier alpha value is 0.178. The molecule has 106 valence electrons. The number of rotatable bonds is 3. The van der Waals surface area contributed by atoms with Gasteiger partial charge < -0.3 is 21.2 Å². The van der Waals surface area contributed by atoms with Crippen LogP contribution < -0.4 is 0 Å². The number of methoxy groups -OCH3 is 1. The van der Waals surface area contributed by atoms with Crippen molar-refractivity contribution in [3.8, 4) is 0 Å². The zero-order valence-corrected chi connectivity index (χ0v) is 16.1. The Balaban J connectivity index is 2.62. The van der Waals surface area contributed by atoms with Crippen LogP contribution in [0, 0.1) is 0 Å². The lowest BCUT2D eigenvalue weighted by molar-refractivity contribution is -0.140. The molecule has 1 rings (SSSR count). The zero-order chi connectivity index (χ0) is 13.8. The van der Waals surface area contributed by atoms with Crippen LogP contribution in [0.1, 0.15) is 6.42 Å². The lowest BCUT2D eigenvalue weighted by Gasteiger charge is -2.36. The van der Waals surface area contributed by atoms with Crippen molar-refractivity contribution >= 4 is 42.4 Å². The van der Waals surface area contributed by atoms with E-state index in [1.54, 1.807) is 0 Å². The Bertz CT molecular complexity index is 277. The van der Waals surface area contributed by atoms with Crippen LogP contribution in [-0.4, -0.2) is 49.5 Å². The van der Waals surface area contributed by atoms with Crippen LogP contribution in [0.2, 0.25) is 32.2 Å². The summed E-state index contributed by atoms with van der Waals surface area (Å²) in [7, 11) is -5.97. The number of ether oxygens (including phenoxy) is 1. The molecule has 0 aromatic rings. The smallest absolute Gasteiger partial charge is 0.317 e. The maximum Gasteiger partial charge on any atom is 0.317 e. The first-order valence-corrected chi connectivity index (χ1v) is 14.9. The van der Waals surface area contributed by atoms with E-state index < -0.39 is 36.4 Å². The van der Waals surface area contributed by atoms with E-state index in [1.165, 1.54) is 7.11 Å². The predicted octanol–water partition coefficient (Wildman–Crippen LogP) is 0.252. The van der Waals surface area contributed by atoms with E-state index in [-0.39, 0.29) is 5.97 Å². The summed E-state index contributed by atoms with van der Waals surface area (Å²) in [5, 5.41) is 0. The second-order valence-electron chi connectivity index (χ2n) is 4.42. The van der Waals surface area contributed by atoms with Gasteiger partial charge >= 0.3 is 14.5 Å². The number of carbonyl (C=O) groups is 1. The normalized spacial score (nSPS) is 37.7. The highest BCUT2D eigenvalue weighted by atomic mass is 28.5. The van der Waals surface area contributed by atoms with Gasteiger partial charge in [0.05, 0.1) is 7.11 Å². The Morgan fingerprint density at radius 2 is 1.61 bits per heavy atom. The summed E-state index contributed by atoms with van der Waals surface area (Å²) < 4.78 is 28.3. The fourth-order valence-electron chi connectivity index (χ4n) is 1.91. The summed E-state index contributed by atoms with van der Waals surface area (Å²) in [6.07, 6.45) is 0.328. The summed E-state index contributed by atoms with van der Waals surface area (Å²) in [6, 6.07) is 0.594. The van der Waals surface area contributed by atoms with Gasteiger partial charge in [0.1, 0.15) is 0 Å². The first kappa shape index (κ1) is 16.2. The van der Waals surface area contributed by atoms with E-state index in [0.717, 1.165) is 0 Å². The molecule has 18 heavy (non-hydrogen) atoms. The molecule has 1 aliphatic heterocycles. The molecule has 0 aromatic carbocycles. The molecule has 6 nitrogen and oxygen atoms in total. The Morgan fingerprint density at radius 3 is 2.06 bits per heavy atom. The summed E-state index contributed by atoms with van der Waals surface area (Å²) in [5.41, 5.74) is 0. The third-order valence-corrected chi connectivity index (χ3v) is 16.5. The van der Waals surface area contributed by atoms with Crippen molar-refractivity contribution in [1.29, 1.82) is 0 Å². The molecule has 1 saturated heterocycles. The van der Waals surface area contributed by atoms with E-state index in [2.05, 4.69) is 4.74 Å². The van der Waals surface area contributed by atoms with Gasteiger partial charge in [-0.25, -0.2) is 0 Å². The largest absolute Gasteiger partial charge is 0.469 e. The average molecular weight is 327 g/mol. The van der Waals surface area contributed by atoms with Gasteiger partial charge in [-0.2, -0.15) is 0 Å². The third-order valence-electron chi connectivity index (χ3n) is 2.61. The highest BCUT2D eigenvalue weighted by Gasteiger charge is 2.39. The molecular weight excluding hydrogens is 304 g/mol. The van der Waals surface area contributed by atoms with Gasteiger partial charge in [0.25, 0.3) is 27.9 Å². The SMILES string of the molecule is COC(=O)CC[Si]1(C)O[SiH](C)O[SiH](C)O[SiH](C)O1. The number of esters is 1. The van der Waals surface area contributed by atoms with Crippen molar-refractivity contribution in [3.63, 3.8) is 0 Å². The number of hydrogen-bond donors (Lipinski definition) is 0. The lowest BCUT2D eigenvalue weighted by atomic mass is 10.5. The van der Waals surface area contributed by atoms with E-state index >= 15 is 0 Å². The molecule has 0 N–H and O–H groups in total. The number of carbonyl (C=O) groups excluding carboxylic acids is 1. The highest BCUT2D eigenvalue weighted by Crippen LogP contribution is 2.21. The summed E-state index contributed by atoms with van der Waals surface area (Å²) in [4.78, 5) is 11.2. The molecule has 2 unspecified atom stereocenters. The first-order chi connectivity index (χ1) is 8.34. The molecule has 1 heterocycles. The van der Waals surface area contributed by atoms with Crippen LogP contribution in [-0.2, 0) is 26.0 Å².